The van der Waals surface area contributed by atoms with Crippen molar-refractivity contribution in [3.05, 3.63) is 59.4 Å². The summed E-state index contributed by atoms with van der Waals surface area (Å²) in [6, 6.07) is 12.8. The van der Waals surface area contributed by atoms with Crippen molar-refractivity contribution in [2.24, 2.45) is 0 Å². The lowest BCUT2D eigenvalue weighted by molar-refractivity contribution is -0.123. The normalized spacial score (nSPS) is 18.0. The molecule has 1 N–H and O–H groups in total. The van der Waals surface area contributed by atoms with Crippen LogP contribution in [0.4, 0.5) is 0 Å². The molecule has 0 saturated heterocycles. The molecule has 4 nitrogen and oxygen atoms in total. The highest BCUT2D eigenvalue weighted by atomic mass is 16.2. The van der Waals surface area contributed by atoms with Gasteiger partial charge in [0.1, 0.15) is 0 Å². The molecule has 0 radical (unpaired) electrons. The smallest absolute Gasteiger partial charge is 0.234 e. The van der Waals surface area contributed by atoms with Gasteiger partial charge >= 0.3 is 0 Å². The molecule has 1 unspecified atom stereocenters. The fourth-order valence-corrected chi connectivity index (χ4v) is 2.99. The molecule has 0 fully saturated rings. The molecule has 2 heterocycles. The minimum atomic E-state index is 0.0902. The highest BCUT2D eigenvalue weighted by Gasteiger charge is 2.24. The van der Waals surface area contributed by atoms with Gasteiger partial charge in [-0.1, -0.05) is 29.8 Å². The SMILES string of the molecule is Cc1ccc(CNC(=O)CN2CCn3cccc3C2C)cc1. The Morgan fingerprint density at radius 3 is 2.77 bits per heavy atom. The molecular weight excluding hydrogens is 274 g/mol. The van der Waals surface area contributed by atoms with Gasteiger partial charge in [0, 0.05) is 37.6 Å². The van der Waals surface area contributed by atoms with E-state index in [2.05, 4.69) is 71.2 Å². The Labute approximate surface area is 131 Å². The Kier molecular flexibility index (Phi) is 4.29. The minimum absolute atomic E-state index is 0.0902. The number of rotatable bonds is 4. The summed E-state index contributed by atoms with van der Waals surface area (Å²) in [4.78, 5) is 14.4. The molecule has 1 atom stereocenters. The highest BCUT2D eigenvalue weighted by Crippen LogP contribution is 2.24. The number of amides is 1. The van der Waals surface area contributed by atoms with Crippen LogP contribution in [0.5, 0.6) is 0 Å². The topological polar surface area (TPSA) is 37.3 Å². The van der Waals surface area contributed by atoms with E-state index in [9.17, 15) is 4.79 Å². The lowest BCUT2D eigenvalue weighted by atomic mass is 10.1. The number of carbonyl (C=O) groups excluding carboxylic acids is 1. The van der Waals surface area contributed by atoms with E-state index in [-0.39, 0.29) is 11.9 Å². The Morgan fingerprint density at radius 2 is 2.00 bits per heavy atom. The van der Waals surface area contributed by atoms with Crippen LogP contribution in [0.3, 0.4) is 0 Å². The molecule has 0 saturated carbocycles. The van der Waals surface area contributed by atoms with Crippen molar-refractivity contribution in [3.8, 4) is 0 Å². The molecule has 3 rings (SSSR count). The summed E-state index contributed by atoms with van der Waals surface area (Å²) in [5, 5.41) is 3.02. The first-order valence-corrected chi connectivity index (χ1v) is 7.85. The number of nitrogens with zero attached hydrogens (tertiary/aromatic N) is 2. The van der Waals surface area contributed by atoms with Crippen LogP contribution in [-0.4, -0.2) is 28.5 Å². The van der Waals surface area contributed by atoms with Gasteiger partial charge in [0.2, 0.25) is 5.91 Å². The third kappa shape index (κ3) is 3.22. The van der Waals surface area contributed by atoms with Crippen molar-refractivity contribution in [3.63, 3.8) is 0 Å². The third-order valence-electron chi connectivity index (χ3n) is 4.43. The van der Waals surface area contributed by atoms with E-state index >= 15 is 0 Å². The van der Waals surface area contributed by atoms with Gasteiger partial charge in [-0.3, -0.25) is 9.69 Å². The van der Waals surface area contributed by atoms with E-state index in [1.807, 2.05) is 0 Å². The molecule has 1 aliphatic heterocycles. The van der Waals surface area contributed by atoms with Crippen molar-refractivity contribution in [1.82, 2.24) is 14.8 Å². The molecule has 0 aliphatic carbocycles. The van der Waals surface area contributed by atoms with Crippen LogP contribution in [0.2, 0.25) is 0 Å². The second kappa shape index (κ2) is 6.36. The van der Waals surface area contributed by atoms with E-state index in [1.54, 1.807) is 0 Å². The van der Waals surface area contributed by atoms with Crippen LogP contribution >= 0.6 is 0 Å². The Hall–Kier alpha value is -2.07. The zero-order valence-electron chi connectivity index (χ0n) is 13.2. The zero-order chi connectivity index (χ0) is 15.5. The predicted molar refractivity (Wildman–Crippen MR) is 87.4 cm³/mol. The number of fused-ring (bicyclic) bond motifs is 1. The Bertz CT molecular complexity index is 645. The zero-order valence-corrected chi connectivity index (χ0v) is 13.2. The Balaban J connectivity index is 1.53. The first-order valence-electron chi connectivity index (χ1n) is 7.85. The average molecular weight is 297 g/mol. The van der Waals surface area contributed by atoms with Crippen molar-refractivity contribution in [2.45, 2.75) is 33.0 Å². The summed E-state index contributed by atoms with van der Waals surface area (Å²) in [6.45, 7) is 7.16. The van der Waals surface area contributed by atoms with Crippen LogP contribution in [-0.2, 0) is 17.9 Å². The number of hydrogen-bond acceptors (Lipinski definition) is 2. The van der Waals surface area contributed by atoms with Gasteiger partial charge in [-0.2, -0.15) is 0 Å². The van der Waals surface area contributed by atoms with E-state index in [0.29, 0.717) is 13.1 Å². The number of benzene rings is 1. The number of hydrogen-bond donors (Lipinski definition) is 1. The fraction of sp³-hybridized carbons (Fsp3) is 0.389. The van der Waals surface area contributed by atoms with E-state index < -0.39 is 0 Å². The summed E-state index contributed by atoms with van der Waals surface area (Å²) >= 11 is 0. The largest absolute Gasteiger partial charge is 0.351 e. The Morgan fingerprint density at radius 1 is 1.23 bits per heavy atom. The standard InChI is InChI=1S/C18H23N3O/c1-14-5-7-16(8-6-14)12-19-18(22)13-21-11-10-20-9-3-4-17(20)15(21)2/h3-9,15H,10-13H2,1-2H3,(H,19,22). The van der Waals surface area contributed by atoms with Gasteiger partial charge in [0.25, 0.3) is 0 Å². The maximum atomic E-state index is 12.2. The van der Waals surface area contributed by atoms with Crippen LogP contribution in [0.15, 0.2) is 42.6 Å². The van der Waals surface area contributed by atoms with Crippen molar-refractivity contribution in [1.29, 1.82) is 0 Å². The van der Waals surface area contributed by atoms with Crippen LogP contribution in [0.25, 0.3) is 0 Å². The number of nitrogens with one attached hydrogen (secondary N) is 1. The maximum Gasteiger partial charge on any atom is 0.234 e. The summed E-state index contributed by atoms with van der Waals surface area (Å²) in [5.41, 5.74) is 3.66. The molecule has 1 aliphatic rings. The van der Waals surface area contributed by atoms with E-state index in [4.69, 9.17) is 0 Å². The summed E-state index contributed by atoms with van der Waals surface area (Å²) < 4.78 is 2.27. The van der Waals surface area contributed by atoms with E-state index in [0.717, 1.165) is 18.7 Å². The molecule has 2 aromatic rings. The molecule has 1 aromatic carbocycles. The van der Waals surface area contributed by atoms with Gasteiger partial charge in [-0.05, 0) is 31.5 Å². The van der Waals surface area contributed by atoms with Crippen LogP contribution < -0.4 is 5.32 Å². The lowest BCUT2D eigenvalue weighted by Crippen LogP contribution is -2.42. The van der Waals surface area contributed by atoms with Crippen molar-refractivity contribution < 1.29 is 4.79 Å². The first-order chi connectivity index (χ1) is 10.6. The highest BCUT2D eigenvalue weighted by molar-refractivity contribution is 5.78. The second-order valence-corrected chi connectivity index (χ2v) is 6.04. The first kappa shape index (κ1) is 14.9. The molecule has 4 heteroatoms. The van der Waals surface area contributed by atoms with Gasteiger partial charge in [-0.25, -0.2) is 0 Å². The summed E-state index contributed by atoms with van der Waals surface area (Å²) in [7, 11) is 0. The quantitative estimate of drug-likeness (QED) is 0.941. The molecule has 0 bridgehead atoms. The van der Waals surface area contributed by atoms with Gasteiger partial charge in [-0.15, -0.1) is 0 Å². The van der Waals surface area contributed by atoms with Crippen LogP contribution in [0.1, 0.15) is 29.8 Å². The molecule has 22 heavy (non-hydrogen) atoms. The third-order valence-corrected chi connectivity index (χ3v) is 4.43. The summed E-state index contributed by atoms with van der Waals surface area (Å²) in [5.74, 6) is 0.0902. The maximum absolute atomic E-state index is 12.2. The number of carbonyl (C=O) groups is 1. The van der Waals surface area contributed by atoms with E-state index in [1.165, 1.54) is 11.3 Å². The number of aromatic nitrogens is 1. The van der Waals surface area contributed by atoms with Crippen LogP contribution in [0, 0.1) is 6.92 Å². The second-order valence-electron chi connectivity index (χ2n) is 6.04. The minimum Gasteiger partial charge on any atom is -0.351 e. The monoisotopic (exact) mass is 297 g/mol. The van der Waals surface area contributed by atoms with Gasteiger partial charge in [0.15, 0.2) is 0 Å². The molecule has 1 amide bonds. The molecule has 1 aromatic heterocycles. The van der Waals surface area contributed by atoms with Gasteiger partial charge < -0.3 is 9.88 Å². The summed E-state index contributed by atoms with van der Waals surface area (Å²) in [6.07, 6.45) is 2.11. The van der Waals surface area contributed by atoms with Crippen molar-refractivity contribution >= 4 is 5.91 Å². The van der Waals surface area contributed by atoms with Gasteiger partial charge in [0.05, 0.1) is 6.54 Å². The molecule has 116 valence electrons. The number of aryl methyl sites for hydroxylation is 1. The average Bonchev–Trinajstić information content (AvgIpc) is 2.99. The fourth-order valence-electron chi connectivity index (χ4n) is 2.99. The predicted octanol–water partition coefficient (Wildman–Crippen LogP) is 2.49. The lowest BCUT2D eigenvalue weighted by Gasteiger charge is -2.34. The van der Waals surface area contributed by atoms with Crippen molar-refractivity contribution in [2.75, 3.05) is 13.1 Å². The molecular formula is C18H23N3O. The molecule has 0 spiro atoms.